The standard InChI is InChI=1S/C16H20ClN3O/c1-4-18-14(16-19-9-11(2)10-20-16)8-12-7-13(17)5-6-15(12)21-3/h5-7,9-10,14,18H,4,8H2,1-3H3. The monoisotopic (exact) mass is 305 g/mol. The van der Waals surface area contributed by atoms with Crippen LogP contribution in [0.15, 0.2) is 30.6 Å². The summed E-state index contributed by atoms with van der Waals surface area (Å²) in [5.41, 5.74) is 2.09. The van der Waals surface area contributed by atoms with Gasteiger partial charge in [0, 0.05) is 17.4 Å². The highest BCUT2D eigenvalue weighted by molar-refractivity contribution is 6.30. The van der Waals surface area contributed by atoms with Crippen LogP contribution in [0.25, 0.3) is 0 Å². The van der Waals surface area contributed by atoms with Crippen molar-refractivity contribution in [2.45, 2.75) is 26.3 Å². The summed E-state index contributed by atoms with van der Waals surface area (Å²) in [6.45, 7) is 4.88. The average molecular weight is 306 g/mol. The molecular weight excluding hydrogens is 286 g/mol. The number of nitrogens with zero attached hydrogens (tertiary/aromatic N) is 2. The number of methoxy groups -OCH3 is 1. The molecule has 0 radical (unpaired) electrons. The van der Waals surface area contributed by atoms with Crippen molar-refractivity contribution < 1.29 is 4.74 Å². The van der Waals surface area contributed by atoms with Gasteiger partial charge in [0.05, 0.1) is 13.2 Å². The minimum absolute atomic E-state index is 0.0305. The van der Waals surface area contributed by atoms with E-state index in [1.807, 2.05) is 37.5 Å². The van der Waals surface area contributed by atoms with Crippen LogP contribution in [-0.2, 0) is 6.42 Å². The minimum atomic E-state index is 0.0305. The van der Waals surface area contributed by atoms with Gasteiger partial charge in [-0.15, -0.1) is 0 Å². The third kappa shape index (κ3) is 4.16. The number of hydrogen-bond acceptors (Lipinski definition) is 4. The topological polar surface area (TPSA) is 47.0 Å². The highest BCUT2D eigenvalue weighted by Crippen LogP contribution is 2.26. The molecule has 5 heteroatoms. The van der Waals surface area contributed by atoms with E-state index in [0.29, 0.717) is 5.02 Å². The number of aromatic nitrogens is 2. The zero-order chi connectivity index (χ0) is 15.2. The summed E-state index contributed by atoms with van der Waals surface area (Å²) in [4.78, 5) is 8.85. The molecule has 0 amide bonds. The summed E-state index contributed by atoms with van der Waals surface area (Å²) in [5.74, 6) is 1.61. The van der Waals surface area contributed by atoms with Crippen molar-refractivity contribution in [2.75, 3.05) is 13.7 Å². The number of hydrogen-bond donors (Lipinski definition) is 1. The van der Waals surface area contributed by atoms with Gasteiger partial charge in [0.2, 0.25) is 0 Å². The zero-order valence-electron chi connectivity index (χ0n) is 12.6. The van der Waals surface area contributed by atoms with Crippen molar-refractivity contribution in [1.82, 2.24) is 15.3 Å². The molecule has 0 saturated carbocycles. The van der Waals surface area contributed by atoms with Gasteiger partial charge in [-0.1, -0.05) is 18.5 Å². The van der Waals surface area contributed by atoms with Crippen LogP contribution in [0.4, 0.5) is 0 Å². The summed E-state index contributed by atoms with van der Waals surface area (Å²) in [6, 6.07) is 5.67. The van der Waals surface area contributed by atoms with E-state index in [4.69, 9.17) is 16.3 Å². The molecule has 2 aromatic rings. The second-order valence-electron chi connectivity index (χ2n) is 4.89. The Morgan fingerprint density at radius 2 is 2.00 bits per heavy atom. The fourth-order valence-corrected chi connectivity index (χ4v) is 2.40. The molecule has 4 nitrogen and oxygen atoms in total. The highest BCUT2D eigenvalue weighted by atomic mass is 35.5. The van der Waals surface area contributed by atoms with Gasteiger partial charge in [-0.2, -0.15) is 0 Å². The Morgan fingerprint density at radius 3 is 2.62 bits per heavy atom. The number of benzene rings is 1. The maximum absolute atomic E-state index is 6.09. The Bertz CT molecular complexity index is 587. The van der Waals surface area contributed by atoms with Crippen molar-refractivity contribution in [3.63, 3.8) is 0 Å². The lowest BCUT2D eigenvalue weighted by Gasteiger charge is -2.18. The third-order valence-corrected chi connectivity index (χ3v) is 3.46. The van der Waals surface area contributed by atoms with E-state index in [9.17, 15) is 0 Å². The number of aryl methyl sites for hydroxylation is 1. The van der Waals surface area contributed by atoms with Gasteiger partial charge >= 0.3 is 0 Å². The first-order chi connectivity index (χ1) is 10.1. The molecule has 2 rings (SSSR count). The molecule has 1 aromatic heterocycles. The molecular formula is C16H20ClN3O. The molecule has 21 heavy (non-hydrogen) atoms. The highest BCUT2D eigenvalue weighted by Gasteiger charge is 2.16. The lowest BCUT2D eigenvalue weighted by Crippen LogP contribution is -2.25. The second-order valence-corrected chi connectivity index (χ2v) is 5.33. The molecule has 0 aliphatic carbocycles. The number of nitrogens with one attached hydrogen (secondary N) is 1. The van der Waals surface area contributed by atoms with E-state index in [1.165, 1.54) is 0 Å². The van der Waals surface area contributed by atoms with Crippen LogP contribution in [0.5, 0.6) is 5.75 Å². The lowest BCUT2D eigenvalue weighted by molar-refractivity contribution is 0.404. The van der Waals surface area contributed by atoms with Crippen molar-refractivity contribution in [2.24, 2.45) is 0 Å². The van der Waals surface area contributed by atoms with Crippen molar-refractivity contribution in [3.05, 3.63) is 52.6 Å². The Labute approximate surface area is 130 Å². The second kappa shape index (κ2) is 7.38. The van der Waals surface area contributed by atoms with Crippen molar-refractivity contribution >= 4 is 11.6 Å². The third-order valence-electron chi connectivity index (χ3n) is 3.23. The predicted molar refractivity (Wildman–Crippen MR) is 84.9 cm³/mol. The molecule has 0 aliphatic rings. The first kappa shape index (κ1) is 15.7. The van der Waals surface area contributed by atoms with Crippen LogP contribution < -0.4 is 10.1 Å². The number of rotatable bonds is 6. The van der Waals surface area contributed by atoms with E-state index >= 15 is 0 Å². The smallest absolute Gasteiger partial charge is 0.145 e. The summed E-state index contributed by atoms with van der Waals surface area (Å²) >= 11 is 6.09. The normalized spacial score (nSPS) is 12.2. The lowest BCUT2D eigenvalue weighted by atomic mass is 10.0. The van der Waals surface area contributed by atoms with E-state index in [-0.39, 0.29) is 6.04 Å². The molecule has 1 unspecified atom stereocenters. The van der Waals surface area contributed by atoms with Crippen LogP contribution in [0, 0.1) is 6.92 Å². The molecule has 1 heterocycles. The summed E-state index contributed by atoms with van der Waals surface area (Å²) in [6.07, 6.45) is 4.39. The number of ether oxygens (including phenoxy) is 1. The van der Waals surface area contributed by atoms with Crippen LogP contribution in [0.3, 0.4) is 0 Å². The maximum Gasteiger partial charge on any atom is 0.145 e. The van der Waals surface area contributed by atoms with Gasteiger partial charge in [-0.05, 0) is 49.2 Å². The van der Waals surface area contributed by atoms with Crippen LogP contribution in [0.1, 0.15) is 29.9 Å². The van der Waals surface area contributed by atoms with Gasteiger partial charge < -0.3 is 10.1 Å². The van der Waals surface area contributed by atoms with E-state index in [2.05, 4.69) is 22.2 Å². The fourth-order valence-electron chi connectivity index (χ4n) is 2.21. The van der Waals surface area contributed by atoms with Gasteiger partial charge in [0.15, 0.2) is 0 Å². The molecule has 1 atom stereocenters. The minimum Gasteiger partial charge on any atom is -0.496 e. The van der Waals surface area contributed by atoms with E-state index in [1.54, 1.807) is 7.11 Å². The van der Waals surface area contributed by atoms with E-state index < -0.39 is 0 Å². The van der Waals surface area contributed by atoms with Crippen LogP contribution in [-0.4, -0.2) is 23.6 Å². The summed E-state index contributed by atoms with van der Waals surface area (Å²) < 4.78 is 5.41. The molecule has 1 N–H and O–H groups in total. The Hall–Kier alpha value is -1.65. The van der Waals surface area contributed by atoms with Gasteiger partial charge in [0.1, 0.15) is 11.6 Å². The van der Waals surface area contributed by atoms with Crippen molar-refractivity contribution in [3.8, 4) is 5.75 Å². The number of halogens is 1. The number of likely N-dealkylation sites (N-methyl/N-ethyl adjacent to an activating group) is 1. The maximum atomic E-state index is 6.09. The van der Waals surface area contributed by atoms with Gasteiger partial charge in [-0.25, -0.2) is 9.97 Å². The quantitative estimate of drug-likeness (QED) is 0.889. The fraction of sp³-hybridized carbons (Fsp3) is 0.375. The first-order valence-corrected chi connectivity index (χ1v) is 7.36. The Kier molecular flexibility index (Phi) is 5.53. The Balaban J connectivity index is 2.27. The largest absolute Gasteiger partial charge is 0.496 e. The molecule has 0 fully saturated rings. The SMILES string of the molecule is CCNC(Cc1cc(Cl)ccc1OC)c1ncc(C)cn1. The Morgan fingerprint density at radius 1 is 1.29 bits per heavy atom. The molecule has 0 saturated heterocycles. The van der Waals surface area contributed by atoms with Crippen LogP contribution >= 0.6 is 11.6 Å². The zero-order valence-corrected chi connectivity index (χ0v) is 13.3. The average Bonchev–Trinajstić information content (AvgIpc) is 2.48. The molecule has 112 valence electrons. The summed E-state index contributed by atoms with van der Waals surface area (Å²) in [5, 5.41) is 4.11. The molecule has 0 bridgehead atoms. The summed E-state index contributed by atoms with van der Waals surface area (Å²) in [7, 11) is 1.66. The van der Waals surface area contributed by atoms with Crippen molar-refractivity contribution in [1.29, 1.82) is 0 Å². The van der Waals surface area contributed by atoms with Gasteiger partial charge in [-0.3, -0.25) is 0 Å². The predicted octanol–water partition coefficient (Wildman–Crippen LogP) is 3.34. The first-order valence-electron chi connectivity index (χ1n) is 6.98. The van der Waals surface area contributed by atoms with Crippen LogP contribution in [0.2, 0.25) is 5.02 Å². The molecule has 0 spiro atoms. The molecule has 1 aromatic carbocycles. The van der Waals surface area contributed by atoms with Gasteiger partial charge in [0.25, 0.3) is 0 Å². The molecule has 0 aliphatic heterocycles. The van der Waals surface area contributed by atoms with E-state index in [0.717, 1.165) is 35.7 Å².